The molecule has 1 fully saturated rings. The zero-order valence-electron chi connectivity index (χ0n) is 15.4. The Morgan fingerprint density at radius 2 is 1.35 bits per heavy atom. The molecule has 1 aliphatic rings. The summed E-state index contributed by atoms with van der Waals surface area (Å²) in [6, 6.07) is 20.3. The van der Waals surface area contributed by atoms with Gasteiger partial charge in [-0.25, -0.2) is 0 Å². The van der Waals surface area contributed by atoms with E-state index < -0.39 is 5.56 Å². The first kappa shape index (κ1) is 19.4. The summed E-state index contributed by atoms with van der Waals surface area (Å²) in [5, 5.41) is 0. The lowest BCUT2D eigenvalue weighted by atomic mass is 9.89. The molecule has 0 spiro atoms. The van der Waals surface area contributed by atoms with Gasteiger partial charge in [0.2, 0.25) is 0 Å². The summed E-state index contributed by atoms with van der Waals surface area (Å²) in [6.07, 6.45) is 0.564. The van der Waals surface area contributed by atoms with Gasteiger partial charge in [-0.1, -0.05) is 86.1 Å². The van der Waals surface area contributed by atoms with Gasteiger partial charge in [0.25, 0.3) is 0 Å². The summed E-state index contributed by atoms with van der Waals surface area (Å²) < 4.78 is 18.5. The Labute approximate surface area is 161 Å². The average Bonchev–Trinajstić information content (AvgIpc) is 2.69. The first-order chi connectivity index (χ1) is 12.7. The molecule has 140 valence electrons. The molecule has 1 saturated heterocycles. The van der Waals surface area contributed by atoms with E-state index in [0.717, 1.165) is 17.5 Å². The molecule has 2 aromatic rings. The number of benzene rings is 2. The normalized spacial score (nSPS) is 28.8. The zero-order valence-corrected chi connectivity index (χ0v) is 16.1. The molecule has 1 heterocycles. The second kappa shape index (κ2) is 9.52. The van der Waals surface area contributed by atoms with E-state index >= 15 is 0 Å². The molecule has 0 aliphatic carbocycles. The molecule has 2 aromatic carbocycles. The summed E-state index contributed by atoms with van der Waals surface area (Å²) in [5.74, 6) is 0.208. The SMILES string of the molecule is CC[C@H]1OC(Cl)[C@H](OCc2ccccc2)[C@@H](OCc2ccccc2)[C@@H]1C. The lowest BCUT2D eigenvalue weighted by Crippen LogP contribution is -2.53. The van der Waals surface area contributed by atoms with E-state index in [2.05, 4.69) is 26.0 Å². The third-order valence-electron chi connectivity index (χ3n) is 4.96. The number of alkyl halides is 1. The fraction of sp³-hybridized carbons (Fsp3) is 0.455. The monoisotopic (exact) mass is 374 g/mol. The minimum Gasteiger partial charge on any atom is -0.370 e. The van der Waals surface area contributed by atoms with Crippen LogP contribution in [0.15, 0.2) is 60.7 Å². The maximum absolute atomic E-state index is 6.54. The fourth-order valence-corrected chi connectivity index (χ4v) is 3.79. The second-order valence-corrected chi connectivity index (χ2v) is 7.25. The predicted octanol–water partition coefficient (Wildman–Crippen LogP) is 5.17. The summed E-state index contributed by atoms with van der Waals surface area (Å²) >= 11 is 6.54. The predicted molar refractivity (Wildman–Crippen MR) is 104 cm³/mol. The smallest absolute Gasteiger partial charge is 0.160 e. The van der Waals surface area contributed by atoms with E-state index in [9.17, 15) is 0 Å². The van der Waals surface area contributed by atoms with E-state index in [1.165, 1.54) is 0 Å². The molecule has 3 nitrogen and oxygen atoms in total. The fourth-order valence-electron chi connectivity index (χ4n) is 3.45. The van der Waals surface area contributed by atoms with Crippen LogP contribution in [0, 0.1) is 5.92 Å². The minimum atomic E-state index is -0.513. The standard InChI is InChI=1S/C22H27ClO3/c1-3-19-16(2)20(24-14-17-10-6-4-7-11-17)21(22(23)26-19)25-15-18-12-8-5-9-13-18/h4-13,16,19-22H,3,14-15H2,1-2H3/t16-,19-,20+,21-,22?/m1/s1. The van der Waals surface area contributed by atoms with E-state index in [4.69, 9.17) is 25.8 Å². The number of ether oxygens (including phenoxy) is 3. The van der Waals surface area contributed by atoms with Gasteiger partial charge in [-0.05, 0) is 17.5 Å². The van der Waals surface area contributed by atoms with Crippen LogP contribution in [-0.2, 0) is 27.4 Å². The highest BCUT2D eigenvalue weighted by Gasteiger charge is 2.43. The van der Waals surface area contributed by atoms with E-state index in [-0.39, 0.29) is 24.2 Å². The number of hydrogen-bond donors (Lipinski definition) is 0. The van der Waals surface area contributed by atoms with Crippen molar-refractivity contribution in [1.29, 1.82) is 0 Å². The van der Waals surface area contributed by atoms with E-state index in [1.807, 2.05) is 48.5 Å². The van der Waals surface area contributed by atoms with Gasteiger partial charge in [0.05, 0.1) is 25.4 Å². The van der Waals surface area contributed by atoms with Crippen LogP contribution in [0.1, 0.15) is 31.4 Å². The molecular formula is C22H27ClO3. The minimum absolute atomic E-state index is 0.0786. The van der Waals surface area contributed by atoms with Gasteiger partial charge in [-0.15, -0.1) is 0 Å². The Hall–Kier alpha value is -1.39. The molecule has 3 rings (SSSR count). The van der Waals surface area contributed by atoms with Crippen LogP contribution in [0.5, 0.6) is 0 Å². The van der Waals surface area contributed by atoms with Crippen molar-refractivity contribution in [3.8, 4) is 0 Å². The zero-order chi connectivity index (χ0) is 18.4. The van der Waals surface area contributed by atoms with Crippen LogP contribution in [0.3, 0.4) is 0 Å². The maximum atomic E-state index is 6.54. The molecule has 0 amide bonds. The van der Waals surface area contributed by atoms with Crippen LogP contribution < -0.4 is 0 Å². The van der Waals surface area contributed by atoms with Gasteiger partial charge < -0.3 is 14.2 Å². The Bertz CT molecular complexity index is 649. The van der Waals surface area contributed by atoms with Gasteiger partial charge >= 0.3 is 0 Å². The lowest BCUT2D eigenvalue weighted by molar-refractivity contribution is -0.210. The van der Waals surface area contributed by atoms with Crippen molar-refractivity contribution >= 4 is 11.6 Å². The van der Waals surface area contributed by atoms with Crippen molar-refractivity contribution in [2.75, 3.05) is 0 Å². The van der Waals surface area contributed by atoms with Crippen molar-refractivity contribution in [2.24, 2.45) is 5.92 Å². The number of rotatable bonds is 7. The highest BCUT2D eigenvalue weighted by molar-refractivity contribution is 6.20. The summed E-state index contributed by atoms with van der Waals surface area (Å²) in [6.45, 7) is 5.31. The second-order valence-electron chi connectivity index (χ2n) is 6.82. The molecule has 0 radical (unpaired) electrons. The Morgan fingerprint density at radius 3 is 1.85 bits per heavy atom. The Morgan fingerprint density at radius 1 is 0.846 bits per heavy atom. The third-order valence-corrected chi connectivity index (χ3v) is 5.32. The first-order valence-electron chi connectivity index (χ1n) is 9.29. The Kier molecular flexibility index (Phi) is 7.09. The Balaban J connectivity index is 1.69. The molecule has 26 heavy (non-hydrogen) atoms. The molecule has 0 saturated carbocycles. The third kappa shape index (κ3) is 4.86. The summed E-state index contributed by atoms with van der Waals surface area (Å²) in [7, 11) is 0. The highest BCUT2D eigenvalue weighted by Crippen LogP contribution is 2.34. The van der Waals surface area contributed by atoms with E-state index in [1.54, 1.807) is 0 Å². The van der Waals surface area contributed by atoms with Gasteiger partial charge in [0, 0.05) is 5.92 Å². The molecule has 1 aliphatic heterocycles. The van der Waals surface area contributed by atoms with Gasteiger partial charge in [0.1, 0.15) is 6.10 Å². The van der Waals surface area contributed by atoms with Crippen molar-refractivity contribution in [1.82, 2.24) is 0 Å². The highest BCUT2D eigenvalue weighted by atomic mass is 35.5. The molecule has 5 atom stereocenters. The van der Waals surface area contributed by atoms with Crippen molar-refractivity contribution in [3.63, 3.8) is 0 Å². The van der Waals surface area contributed by atoms with Crippen molar-refractivity contribution in [3.05, 3.63) is 71.8 Å². The van der Waals surface area contributed by atoms with Crippen LogP contribution >= 0.6 is 11.6 Å². The van der Waals surface area contributed by atoms with E-state index in [0.29, 0.717) is 13.2 Å². The van der Waals surface area contributed by atoms with Crippen LogP contribution in [0.25, 0.3) is 0 Å². The molecule has 0 bridgehead atoms. The molecule has 1 unspecified atom stereocenters. The maximum Gasteiger partial charge on any atom is 0.160 e. The van der Waals surface area contributed by atoms with Gasteiger partial charge in [0.15, 0.2) is 5.56 Å². The van der Waals surface area contributed by atoms with Crippen LogP contribution in [-0.4, -0.2) is 23.9 Å². The summed E-state index contributed by atoms with van der Waals surface area (Å²) in [4.78, 5) is 0. The van der Waals surface area contributed by atoms with Crippen molar-refractivity contribution in [2.45, 2.75) is 57.4 Å². The van der Waals surface area contributed by atoms with Gasteiger partial charge in [-0.3, -0.25) is 0 Å². The quantitative estimate of drug-likeness (QED) is 0.626. The number of hydrogen-bond acceptors (Lipinski definition) is 3. The van der Waals surface area contributed by atoms with Gasteiger partial charge in [-0.2, -0.15) is 0 Å². The summed E-state index contributed by atoms with van der Waals surface area (Å²) in [5.41, 5.74) is 1.75. The van der Waals surface area contributed by atoms with Crippen molar-refractivity contribution < 1.29 is 14.2 Å². The van der Waals surface area contributed by atoms with Crippen LogP contribution in [0.4, 0.5) is 0 Å². The molecule has 0 N–H and O–H groups in total. The average molecular weight is 375 g/mol. The molecule has 0 aromatic heterocycles. The first-order valence-corrected chi connectivity index (χ1v) is 9.73. The topological polar surface area (TPSA) is 27.7 Å². The molecule has 4 heteroatoms. The number of halogens is 1. The largest absolute Gasteiger partial charge is 0.370 e. The van der Waals surface area contributed by atoms with Crippen LogP contribution in [0.2, 0.25) is 0 Å². The molecular weight excluding hydrogens is 348 g/mol. The lowest BCUT2D eigenvalue weighted by Gasteiger charge is -2.43.